The highest BCUT2D eigenvalue weighted by molar-refractivity contribution is 5.69. The van der Waals surface area contributed by atoms with E-state index >= 15 is 0 Å². The smallest absolute Gasteiger partial charge is 0.310 e. The van der Waals surface area contributed by atoms with Crippen LogP contribution in [0, 0.1) is 5.41 Å². The molecule has 0 heterocycles. The van der Waals surface area contributed by atoms with Gasteiger partial charge in [-0.2, -0.15) is 0 Å². The quantitative estimate of drug-likeness (QED) is 0.0599. The minimum atomic E-state index is -0.144. The van der Waals surface area contributed by atoms with E-state index in [1.54, 1.807) is 0 Å². The van der Waals surface area contributed by atoms with Crippen molar-refractivity contribution in [1.82, 2.24) is 0 Å². The number of carbonyl (C=O) groups is 1. The van der Waals surface area contributed by atoms with Gasteiger partial charge in [-0.25, -0.2) is 0 Å². The molecule has 0 rings (SSSR count). The zero-order valence-electron chi connectivity index (χ0n) is 25.2. The van der Waals surface area contributed by atoms with Crippen molar-refractivity contribution < 1.29 is 9.53 Å². The van der Waals surface area contributed by atoms with E-state index in [2.05, 4.69) is 27.4 Å². The van der Waals surface area contributed by atoms with Gasteiger partial charge in [0.15, 0.2) is 0 Å². The minimum absolute atomic E-state index is 0.144. The number of rotatable bonds is 28. The largest absolute Gasteiger partial charge is 0.435 e. The van der Waals surface area contributed by atoms with E-state index in [4.69, 9.17) is 4.74 Å². The SMILES string of the molecule is C=COC(=O)CCCCCCCCCCCCCCCCCCCCCCCCCCCC(C)(C)C. The number of esters is 1. The Bertz CT molecular complexity index is 462. The normalized spacial score (nSPS) is 11.6. The summed E-state index contributed by atoms with van der Waals surface area (Å²) in [5, 5.41) is 0. The highest BCUT2D eigenvalue weighted by Crippen LogP contribution is 2.23. The molecule has 0 saturated carbocycles. The second kappa shape index (κ2) is 27.3. The van der Waals surface area contributed by atoms with Gasteiger partial charge in [0.1, 0.15) is 0 Å². The molecule has 0 radical (unpaired) electrons. The molecule has 0 aromatic rings. The van der Waals surface area contributed by atoms with Crippen LogP contribution in [0.5, 0.6) is 0 Å². The Balaban J connectivity index is 3.08. The fourth-order valence-corrected chi connectivity index (χ4v) is 5.14. The summed E-state index contributed by atoms with van der Waals surface area (Å²) >= 11 is 0. The number of carbonyl (C=O) groups excluding carboxylic acids is 1. The highest BCUT2D eigenvalue weighted by atomic mass is 16.5. The third kappa shape index (κ3) is 31.2. The van der Waals surface area contributed by atoms with Crippen molar-refractivity contribution in [3.05, 3.63) is 12.8 Å². The molecular weight excluding hydrogens is 440 g/mol. The Morgan fingerprint density at radius 3 is 1.00 bits per heavy atom. The summed E-state index contributed by atoms with van der Waals surface area (Å²) in [4.78, 5) is 11.2. The third-order valence-corrected chi connectivity index (χ3v) is 7.52. The summed E-state index contributed by atoms with van der Waals surface area (Å²) in [5.74, 6) is -0.144. The second-order valence-corrected chi connectivity index (χ2v) is 12.6. The maximum atomic E-state index is 11.2. The third-order valence-electron chi connectivity index (χ3n) is 7.52. The summed E-state index contributed by atoms with van der Waals surface area (Å²) in [5.41, 5.74) is 0.523. The van der Waals surface area contributed by atoms with Crippen molar-refractivity contribution in [3.8, 4) is 0 Å². The molecule has 0 atom stereocenters. The fourth-order valence-electron chi connectivity index (χ4n) is 5.14. The van der Waals surface area contributed by atoms with Crippen LogP contribution in [0.1, 0.15) is 194 Å². The van der Waals surface area contributed by atoms with Crippen LogP contribution >= 0.6 is 0 Å². The van der Waals surface area contributed by atoms with Gasteiger partial charge in [0.05, 0.1) is 6.26 Å². The van der Waals surface area contributed by atoms with Crippen LogP contribution in [0.3, 0.4) is 0 Å². The number of hydrogen-bond acceptors (Lipinski definition) is 2. The lowest BCUT2D eigenvalue weighted by Crippen LogP contribution is -2.03. The van der Waals surface area contributed by atoms with Gasteiger partial charge in [-0.3, -0.25) is 4.79 Å². The topological polar surface area (TPSA) is 26.3 Å². The van der Waals surface area contributed by atoms with Crippen LogP contribution in [0.2, 0.25) is 0 Å². The van der Waals surface area contributed by atoms with Gasteiger partial charge in [0.2, 0.25) is 0 Å². The molecule has 214 valence electrons. The molecule has 0 N–H and O–H groups in total. The van der Waals surface area contributed by atoms with Crippen LogP contribution in [0.25, 0.3) is 0 Å². The van der Waals surface area contributed by atoms with E-state index < -0.39 is 0 Å². The van der Waals surface area contributed by atoms with Gasteiger partial charge in [-0.1, -0.05) is 181 Å². The van der Waals surface area contributed by atoms with Crippen molar-refractivity contribution in [1.29, 1.82) is 0 Å². The Kier molecular flexibility index (Phi) is 26.7. The molecule has 2 nitrogen and oxygen atoms in total. The van der Waals surface area contributed by atoms with Crippen LogP contribution < -0.4 is 0 Å². The Labute approximate surface area is 227 Å². The van der Waals surface area contributed by atoms with Crippen molar-refractivity contribution >= 4 is 5.97 Å². The Morgan fingerprint density at radius 2 is 0.750 bits per heavy atom. The van der Waals surface area contributed by atoms with Gasteiger partial charge in [-0.05, 0) is 18.3 Å². The molecule has 36 heavy (non-hydrogen) atoms. The van der Waals surface area contributed by atoms with Crippen molar-refractivity contribution in [2.75, 3.05) is 0 Å². The van der Waals surface area contributed by atoms with E-state index in [9.17, 15) is 4.79 Å². The molecule has 0 amide bonds. The van der Waals surface area contributed by atoms with Crippen LogP contribution in [-0.4, -0.2) is 5.97 Å². The van der Waals surface area contributed by atoms with Crippen molar-refractivity contribution in [2.45, 2.75) is 194 Å². The Morgan fingerprint density at radius 1 is 0.500 bits per heavy atom. The number of hydrogen-bond donors (Lipinski definition) is 0. The maximum Gasteiger partial charge on any atom is 0.310 e. The minimum Gasteiger partial charge on any atom is -0.435 e. The molecule has 0 aliphatic heterocycles. The van der Waals surface area contributed by atoms with Crippen molar-refractivity contribution in [2.24, 2.45) is 5.41 Å². The van der Waals surface area contributed by atoms with Gasteiger partial charge in [0, 0.05) is 6.42 Å². The predicted molar refractivity (Wildman–Crippen MR) is 160 cm³/mol. The van der Waals surface area contributed by atoms with Crippen molar-refractivity contribution in [3.63, 3.8) is 0 Å². The number of ether oxygens (including phenoxy) is 1. The molecule has 0 spiro atoms. The van der Waals surface area contributed by atoms with Crippen LogP contribution in [0.4, 0.5) is 0 Å². The molecule has 2 heteroatoms. The second-order valence-electron chi connectivity index (χ2n) is 12.6. The molecule has 0 saturated heterocycles. The fraction of sp³-hybridized carbons (Fsp3) is 0.912. The van der Waals surface area contributed by atoms with E-state index in [-0.39, 0.29) is 5.97 Å². The van der Waals surface area contributed by atoms with E-state index in [1.807, 2.05) is 0 Å². The first kappa shape index (κ1) is 35.2. The molecule has 0 aromatic heterocycles. The van der Waals surface area contributed by atoms with E-state index in [0.717, 1.165) is 12.8 Å². The van der Waals surface area contributed by atoms with Crippen LogP contribution in [-0.2, 0) is 9.53 Å². The predicted octanol–water partition coefficient (Wildman–Crippen LogP) is 12.3. The molecule has 0 unspecified atom stereocenters. The van der Waals surface area contributed by atoms with E-state index in [1.165, 1.54) is 160 Å². The lowest BCUT2D eigenvalue weighted by molar-refractivity contribution is -0.138. The summed E-state index contributed by atoms with van der Waals surface area (Å²) in [6.45, 7) is 10.5. The zero-order chi connectivity index (χ0) is 26.6. The molecule has 0 aliphatic carbocycles. The van der Waals surface area contributed by atoms with Gasteiger partial charge >= 0.3 is 5.97 Å². The maximum absolute atomic E-state index is 11.2. The monoisotopic (exact) mass is 507 g/mol. The summed E-state index contributed by atoms with van der Waals surface area (Å²) in [6, 6.07) is 0. The standard InChI is InChI=1S/C34H66O2/c1-5-36-33(35)31-29-27-25-23-21-19-17-15-13-11-9-7-6-8-10-12-14-16-18-20-22-24-26-28-30-32-34(2,3)4/h5H,1,6-32H2,2-4H3. The Hall–Kier alpha value is -0.790. The molecule has 0 aliphatic rings. The first-order chi connectivity index (χ1) is 17.5. The lowest BCUT2D eigenvalue weighted by Gasteiger charge is -2.17. The first-order valence-electron chi connectivity index (χ1n) is 16.3. The average molecular weight is 507 g/mol. The average Bonchev–Trinajstić information content (AvgIpc) is 2.83. The first-order valence-corrected chi connectivity index (χ1v) is 16.3. The summed E-state index contributed by atoms with van der Waals surface area (Å²) in [7, 11) is 0. The molecule has 0 fully saturated rings. The molecule has 0 aromatic carbocycles. The number of unbranched alkanes of at least 4 members (excludes halogenated alkanes) is 24. The van der Waals surface area contributed by atoms with Gasteiger partial charge < -0.3 is 4.74 Å². The van der Waals surface area contributed by atoms with Gasteiger partial charge in [0.25, 0.3) is 0 Å². The molecule has 0 bridgehead atoms. The highest BCUT2D eigenvalue weighted by Gasteiger charge is 2.08. The summed E-state index contributed by atoms with van der Waals surface area (Å²) < 4.78 is 4.73. The zero-order valence-corrected chi connectivity index (χ0v) is 25.2. The molecular formula is C34H66O2. The summed E-state index contributed by atoms with van der Waals surface area (Å²) in [6.07, 6.45) is 38.1. The van der Waals surface area contributed by atoms with E-state index in [0.29, 0.717) is 11.8 Å². The van der Waals surface area contributed by atoms with Crippen LogP contribution in [0.15, 0.2) is 12.8 Å². The van der Waals surface area contributed by atoms with Gasteiger partial charge in [-0.15, -0.1) is 0 Å². The lowest BCUT2D eigenvalue weighted by atomic mass is 9.89.